The fraction of sp³-hybridized carbons (Fsp3) is 0.333. The van der Waals surface area contributed by atoms with Gasteiger partial charge in [0.15, 0.2) is 0 Å². The number of aryl methyl sites for hydroxylation is 2. The van der Waals surface area contributed by atoms with Crippen molar-refractivity contribution in [3.8, 4) is 0 Å². The maximum absolute atomic E-state index is 3.82. The number of alkyl halides is 1. The summed E-state index contributed by atoms with van der Waals surface area (Å²) in [5.74, 6) is 0. The molecule has 0 saturated heterocycles. The lowest BCUT2D eigenvalue weighted by Gasteiger charge is -2.04. The molecule has 1 atom stereocenters. The number of hydrogen-bond acceptors (Lipinski definition) is 2. The van der Waals surface area contributed by atoms with E-state index in [9.17, 15) is 0 Å². The van der Waals surface area contributed by atoms with Gasteiger partial charge in [-0.15, -0.1) is 22.7 Å². The Bertz CT molecular complexity index is 515. The van der Waals surface area contributed by atoms with Crippen molar-refractivity contribution in [1.82, 2.24) is 0 Å². The minimum absolute atomic E-state index is 0.339. The molecule has 90 valence electrons. The van der Waals surface area contributed by atoms with Crippen LogP contribution in [0.1, 0.15) is 31.4 Å². The van der Waals surface area contributed by atoms with Gasteiger partial charge in [-0.2, -0.15) is 0 Å². The SMILES string of the molecule is Brc1cc(C(Br)c2cc3c(s2)CCC3)sc1Br. The maximum atomic E-state index is 3.82. The first-order valence-corrected chi connectivity index (χ1v) is 9.49. The first kappa shape index (κ1) is 12.9. The molecule has 1 aliphatic rings. The van der Waals surface area contributed by atoms with E-state index in [1.165, 1.54) is 32.8 Å². The Kier molecular flexibility index (Phi) is 3.84. The maximum Gasteiger partial charge on any atom is 0.0843 e. The van der Waals surface area contributed by atoms with Gasteiger partial charge >= 0.3 is 0 Å². The van der Waals surface area contributed by atoms with Gasteiger partial charge in [0.1, 0.15) is 0 Å². The van der Waals surface area contributed by atoms with Crippen molar-refractivity contribution >= 4 is 70.5 Å². The third-order valence-electron chi connectivity index (χ3n) is 2.93. The van der Waals surface area contributed by atoms with Crippen LogP contribution in [0.2, 0.25) is 0 Å². The summed E-state index contributed by atoms with van der Waals surface area (Å²) in [5.41, 5.74) is 1.57. The normalized spacial score (nSPS) is 16.2. The van der Waals surface area contributed by atoms with Crippen molar-refractivity contribution in [1.29, 1.82) is 0 Å². The van der Waals surface area contributed by atoms with Crippen molar-refractivity contribution in [2.75, 3.05) is 0 Å². The monoisotopic (exact) mass is 454 g/mol. The van der Waals surface area contributed by atoms with Gasteiger partial charge in [0.2, 0.25) is 0 Å². The summed E-state index contributed by atoms with van der Waals surface area (Å²) in [6.07, 6.45) is 3.88. The Morgan fingerprint density at radius 3 is 2.47 bits per heavy atom. The van der Waals surface area contributed by atoms with Crippen LogP contribution in [0.25, 0.3) is 0 Å². The molecule has 1 aliphatic carbocycles. The molecule has 0 spiro atoms. The van der Waals surface area contributed by atoms with Crippen LogP contribution < -0.4 is 0 Å². The van der Waals surface area contributed by atoms with E-state index in [1.54, 1.807) is 21.8 Å². The highest BCUT2D eigenvalue weighted by atomic mass is 79.9. The second kappa shape index (κ2) is 5.08. The Morgan fingerprint density at radius 1 is 1.06 bits per heavy atom. The number of thiophene rings is 2. The Morgan fingerprint density at radius 2 is 1.82 bits per heavy atom. The standard InChI is InChI=1S/C12H9Br3S2/c13-7-5-10(17-12(7)15)11(14)9-4-6-2-1-3-8(6)16-9/h4-5,11H,1-3H2. The van der Waals surface area contributed by atoms with Crippen LogP contribution in [0.5, 0.6) is 0 Å². The summed E-state index contributed by atoms with van der Waals surface area (Å²) < 4.78 is 2.31. The van der Waals surface area contributed by atoms with Crippen molar-refractivity contribution in [2.24, 2.45) is 0 Å². The zero-order valence-corrected chi connectivity index (χ0v) is 15.2. The van der Waals surface area contributed by atoms with Gasteiger partial charge in [-0.3, -0.25) is 0 Å². The molecule has 5 heteroatoms. The molecular weight excluding hydrogens is 448 g/mol. The minimum Gasteiger partial charge on any atom is -0.144 e. The molecule has 0 radical (unpaired) electrons. The van der Waals surface area contributed by atoms with E-state index in [4.69, 9.17) is 0 Å². The third kappa shape index (κ3) is 2.46. The Hall–Kier alpha value is 0.840. The minimum atomic E-state index is 0.339. The first-order valence-electron chi connectivity index (χ1n) is 5.35. The average Bonchev–Trinajstić information content (AvgIpc) is 2.92. The zero-order chi connectivity index (χ0) is 12.0. The predicted molar refractivity (Wildman–Crippen MR) is 86.8 cm³/mol. The Balaban J connectivity index is 1.92. The van der Waals surface area contributed by atoms with Gasteiger partial charge in [-0.25, -0.2) is 0 Å². The molecule has 0 N–H and O–H groups in total. The first-order chi connectivity index (χ1) is 8.15. The lowest BCUT2D eigenvalue weighted by molar-refractivity contribution is 0.913. The molecule has 0 nitrogen and oxygen atoms in total. The highest BCUT2D eigenvalue weighted by molar-refractivity contribution is 9.13. The average molecular weight is 457 g/mol. The van der Waals surface area contributed by atoms with E-state index < -0.39 is 0 Å². The summed E-state index contributed by atoms with van der Waals surface area (Å²) in [4.78, 5) is 4.73. The van der Waals surface area contributed by atoms with Gasteiger partial charge in [-0.1, -0.05) is 15.9 Å². The Labute approximate surface area is 134 Å². The van der Waals surface area contributed by atoms with Crippen LogP contribution in [0.15, 0.2) is 20.4 Å². The molecule has 0 amide bonds. The topological polar surface area (TPSA) is 0 Å². The van der Waals surface area contributed by atoms with Crippen LogP contribution in [-0.2, 0) is 12.8 Å². The van der Waals surface area contributed by atoms with Gasteiger partial charge in [-0.05, 0) is 68.8 Å². The summed E-state index contributed by atoms with van der Waals surface area (Å²) in [6.45, 7) is 0. The second-order valence-electron chi connectivity index (χ2n) is 4.08. The van der Waals surface area contributed by atoms with Crippen LogP contribution in [0.4, 0.5) is 0 Å². The van der Waals surface area contributed by atoms with Crippen molar-refractivity contribution in [3.63, 3.8) is 0 Å². The van der Waals surface area contributed by atoms with Gasteiger partial charge < -0.3 is 0 Å². The van der Waals surface area contributed by atoms with Crippen LogP contribution in [0, 0.1) is 0 Å². The highest BCUT2D eigenvalue weighted by Crippen LogP contribution is 2.45. The van der Waals surface area contributed by atoms with Crippen LogP contribution in [-0.4, -0.2) is 0 Å². The fourth-order valence-electron chi connectivity index (χ4n) is 2.11. The van der Waals surface area contributed by atoms with Gasteiger partial charge in [0.25, 0.3) is 0 Å². The third-order valence-corrected chi connectivity index (χ3v) is 9.15. The fourth-order valence-corrected chi connectivity index (χ4v) is 6.35. The molecule has 2 aromatic heterocycles. The molecule has 1 unspecified atom stereocenters. The number of halogens is 3. The van der Waals surface area contributed by atoms with E-state index in [2.05, 4.69) is 59.9 Å². The zero-order valence-electron chi connectivity index (χ0n) is 8.80. The molecule has 0 aliphatic heterocycles. The molecular formula is C12H9Br3S2. The molecule has 17 heavy (non-hydrogen) atoms. The molecule has 0 saturated carbocycles. The molecule has 0 aromatic carbocycles. The summed E-state index contributed by atoms with van der Waals surface area (Å²) in [5, 5.41) is 0. The summed E-state index contributed by atoms with van der Waals surface area (Å²) >= 11 is 14.7. The largest absolute Gasteiger partial charge is 0.144 e. The van der Waals surface area contributed by atoms with E-state index in [1.807, 2.05) is 11.3 Å². The van der Waals surface area contributed by atoms with Crippen LogP contribution >= 0.6 is 70.5 Å². The highest BCUT2D eigenvalue weighted by Gasteiger charge is 2.21. The van der Waals surface area contributed by atoms with E-state index in [-0.39, 0.29) is 0 Å². The smallest absolute Gasteiger partial charge is 0.0843 e. The van der Waals surface area contributed by atoms with Gasteiger partial charge in [0, 0.05) is 19.1 Å². The van der Waals surface area contributed by atoms with E-state index in [0.29, 0.717) is 4.83 Å². The molecule has 2 heterocycles. The van der Waals surface area contributed by atoms with E-state index >= 15 is 0 Å². The predicted octanol–water partition coefficient (Wildman–Crippen LogP) is 6.31. The van der Waals surface area contributed by atoms with Crippen molar-refractivity contribution in [2.45, 2.75) is 24.1 Å². The number of fused-ring (bicyclic) bond motifs is 1. The molecule has 0 fully saturated rings. The van der Waals surface area contributed by atoms with Gasteiger partial charge in [0.05, 0.1) is 8.61 Å². The summed E-state index contributed by atoms with van der Waals surface area (Å²) in [6, 6.07) is 4.58. The second-order valence-corrected chi connectivity index (χ2v) is 9.42. The quantitative estimate of drug-likeness (QED) is 0.464. The van der Waals surface area contributed by atoms with E-state index in [0.717, 1.165) is 4.47 Å². The lowest BCUT2D eigenvalue weighted by Crippen LogP contribution is -1.84. The summed E-state index contributed by atoms with van der Waals surface area (Å²) in [7, 11) is 0. The lowest BCUT2D eigenvalue weighted by atomic mass is 10.2. The molecule has 0 bridgehead atoms. The molecule has 2 aromatic rings. The van der Waals surface area contributed by atoms with Crippen molar-refractivity contribution in [3.05, 3.63) is 40.6 Å². The number of hydrogen-bond donors (Lipinski definition) is 0. The number of rotatable bonds is 2. The van der Waals surface area contributed by atoms with Crippen LogP contribution in [0.3, 0.4) is 0 Å². The van der Waals surface area contributed by atoms with Crippen molar-refractivity contribution < 1.29 is 0 Å². The molecule has 3 rings (SSSR count).